The summed E-state index contributed by atoms with van der Waals surface area (Å²) in [5.74, 6) is -2.18. The molecule has 11 nitrogen and oxygen atoms in total. The van der Waals surface area contributed by atoms with E-state index in [2.05, 4.69) is 20.9 Å². The first-order valence-corrected chi connectivity index (χ1v) is 15.7. The normalized spacial score (nSPS) is 23.6. The highest BCUT2D eigenvalue weighted by Gasteiger charge is 2.39. The van der Waals surface area contributed by atoms with E-state index in [1.54, 1.807) is 13.1 Å². The van der Waals surface area contributed by atoms with Crippen LogP contribution >= 0.6 is 0 Å². The van der Waals surface area contributed by atoms with E-state index in [4.69, 9.17) is 0 Å². The number of rotatable bonds is 5. The zero-order valence-corrected chi connectivity index (χ0v) is 26.0. The molecule has 5 rings (SSSR count). The number of para-hydroxylation sites is 1. The van der Waals surface area contributed by atoms with Crippen LogP contribution < -0.4 is 16.0 Å². The van der Waals surface area contributed by atoms with Gasteiger partial charge in [0.25, 0.3) is 0 Å². The number of hydrogen-bond donors (Lipinski definition) is 4. The van der Waals surface area contributed by atoms with Crippen molar-refractivity contribution < 1.29 is 24.0 Å². The third-order valence-electron chi connectivity index (χ3n) is 8.65. The number of H-pyrrole nitrogens is 1. The lowest BCUT2D eigenvalue weighted by atomic mass is 10.00. The molecule has 3 aromatic rings. The van der Waals surface area contributed by atoms with Gasteiger partial charge in [0.05, 0.1) is 19.0 Å². The standard InChI is InChI=1S/C34H42N6O5/c1-21(2)31-33(44)37-25(16-23-10-5-4-6-11-23)19-39(30(42)17-24-18-35-27-13-8-7-12-26(24)27)20-29(41)36-22(3)34(45)40-15-9-14-28(40)32(43)38-31/h4-8,10-13,18,21-22,25,28,31,35H,9,14-17,19-20H2,1-3H3,(H,36,41)(H,37,44)(H,38,43)/t22-,25-,28+,31-/m0/s1. The molecule has 0 aliphatic carbocycles. The molecule has 1 aromatic heterocycles. The van der Waals surface area contributed by atoms with Gasteiger partial charge in [-0.15, -0.1) is 0 Å². The van der Waals surface area contributed by atoms with Gasteiger partial charge in [-0.3, -0.25) is 24.0 Å². The summed E-state index contributed by atoms with van der Waals surface area (Å²) in [5, 5.41) is 9.65. The molecule has 4 atom stereocenters. The lowest BCUT2D eigenvalue weighted by Gasteiger charge is -2.31. The van der Waals surface area contributed by atoms with Gasteiger partial charge in [-0.05, 0) is 49.3 Å². The Morgan fingerprint density at radius 1 is 0.933 bits per heavy atom. The zero-order chi connectivity index (χ0) is 32.1. The Morgan fingerprint density at radius 3 is 2.42 bits per heavy atom. The van der Waals surface area contributed by atoms with E-state index in [9.17, 15) is 24.0 Å². The summed E-state index contributed by atoms with van der Waals surface area (Å²) >= 11 is 0. The van der Waals surface area contributed by atoms with Crippen LogP contribution in [0.15, 0.2) is 60.8 Å². The molecular weight excluding hydrogens is 572 g/mol. The Morgan fingerprint density at radius 2 is 1.67 bits per heavy atom. The number of amides is 5. The van der Waals surface area contributed by atoms with Gasteiger partial charge in [-0.2, -0.15) is 0 Å². The predicted molar refractivity (Wildman–Crippen MR) is 170 cm³/mol. The van der Waals surface area contributed by atoms with Gasteiger partial charge in [-0.25, -0.2) is 0 Å². The smallest absolute Gasteiger partial charge is 0.245 e. The summed E-state index contributed by atoms with van der Waals surface area (Å²) in [5.41, 5.74) is 2.64. The minimum absolute atomic E-state index is 0.0396. The van der Waals surface area contributed by atoms with E-state index in [0.29, 0.717) is 25.8 Å². The van der Waals surface area contributed by atoms with Crippen molar-refractivity contribution in [3.63, 3.8) is 0 Å². The number of aromatic amines is 1. The Kier molecular flexibility index (Phi) is 9.85. The highest BCUT2D eigenvalue weighted by molar-refractivity contribution is 5.96. The van der Waals surface area contributed by atoms with Gasteiger partial charge in [0.2, 0.25) is 29.5 Å². The Bertz CT molecular complexity index is 1550. The van der Waals surface area contributed by atoms with E-state index < -0.39 is 36.0 Å². The minimum atomic E-state index is -0.901. The number of aromatic nitrogens is 1. The van der Waals surface area contributed by atoms with Crippen molar-refractivity contribution in [2.75, 3.05) is 19.6 Å². The summed E-state index contributed by atoms with van der Waals surface area (Å²) < 4.78 is 0. The number of benzene rings is 2. The molecule has 0 saturated carbocycles. The van der Waals surface area contributed by atoms with Crippen LogP contribution in [0.4, 0.5) is 0 Å². The van der Waals surface area contributed by atoms with Gasteiger partial charge in [-0.1, -0.05) is 62.4 Å². The van der Waals surface area contributed by atoms with Crippen molar-refractivity contribution in [1.29, 1.82) is 0 Å². The van der Waals surface area contributed by atoms with Crippen LogP contribution in [0.25, 0.3) is 10.9 Å². The molecule has 45 heavy (non-hydrogen) atoms. The van der Waals surface area contributed by atoms with Crippen molar-refractivity contribution >= 4 is 40.4 Å². The molecular formula is C34H42N6O5. The number of carbonyl (C=O) groups excluding carboxylic acids is 5. The lowest BCUT2D eigenvalue weighted by Crippen LogP contribution is -2.58. The predicted octanol–water partition coefficient (Wildman–Crippen LogP) is 1.92. The number of nitrogens with one attached hydrogen (secondary N) is 4. The van der Waals surface area contributed by atoms with Crippen molar-refractivity contribution in [3.8, 4) is 0 Å². The SMILES string of the molecule is CC(C)[C@@H]1NC(=O)[C@H]2CCCN2C(=O)[C@H](C)NC(=O)CN(C(=O)Cc2c[nH]c3ccccc23)C[C@H](Cc2ccccc2)NC1=O. The second-order valence-electron chi connectivity index (χ2n) is 12.4. The van der Waals surface area contributed by atoms with Crippen molar-refractivity contribution in [3.05, 3.63) is 71.9 Å². The molecule has 2 fully saturated rings. The third-order valence-corrected chi connectivity index (χ3v) is 8.65. The van der Waals surface area contributed by atoms with Gasteiger partial charge < -0.3 is 30.7 Å². The van der Waals surface area contributed by atoms with E-state index >= 15 is 0 Å². The summed E-state index contributed by atoms with van der Waals surface area (Å²) in [6.07, 6.45) is 3.34. The highest BCUT2D eigenvalue weighted by Crippen LogP contribution is 2.21. The molecule has 238 valence electrons. The fourth-order valence-corrected chi connectivity index (χ4v) is 6.28. The van der Waals surface area contributed by atoms with Crippen LogP contribution in [0, 0.1) is 5.92 Å². The van der Waals surface area contributed by atoms with Crippen molar-refractivity contribution in [2.45, 2.75) is 70.6 Å². The average molecular weight is 615 g/mol. The Hall–Kier alpha value is -4.67. The number of fused-ring (bicyclic) bond motifs is 2. The molecule has 5 amide bonds. The molecule has 2 aromatic carbocycles. The number of nitrogens with zero attached hydrogens (tertiary/aromatic N) is 2. The number of hydrogen-bond acceptors (Lipinski definition) is 5. The van der Waals surface area contributed by atoms with Gasteiger partial charge in [0.15, 0.2) is 0 Å². The first-order chi connectivity index (χ1) is 21.6. The number of carbonyl (C=O) groups is 5. The highest BCUT2D eigenvalue weighted by atomic mass is 16.2. The first-order valence-electron chi connectivity index (χ1n) is 15.7. The molecule has 0 radical (unpaired) electrons. The second-order valence-corrected chi connectivity index (χ2v) is 12.4. The Labute approximate surface area is 263 Å². The summed E-state index contributed by atoms with van der Waals surface area (Å²) in [6.45, 7) is 5.42. The molecule has 2 aliphatic rings. The molecule has 2 saturated heterocycles. The maximum atomic E-state index is 13.9. The van der Waals surface area contributed by atoms with Crippen LogP contribution in [-0.2, 0) is 36.8 Å². The second kappa shape index (κ2) is 14.0. The largest absolute Gasteiger partial charge is 0.361 e. The van der Waals surface area contributed by atoms with E-state index in [1.165, 1.54) is 9.80 Å². The van der Waals surface area contributed by atoms with Crippen LogP contribution in [-0.4, -0.2) is 88.1 Å². The van der Waals surface area contributed by atoms with Crippen LogP contribution in [0.2, 0.25) is 0 Å². The molecule has 3 heterocycles. The quantitative estimate of drug-likeness (QED) is 0.347. The summed E-state index contributed by atoms with van der Waals surface area (Å²) in [6, 6.07) is 14.2. The molecule has 0 spiro atoms. The first kappa shape index (κ1) is 31.7. The minimum Gasteiger partial charge on any atom is -0.361 e. The van der Waals surface area contributed by atoms with Crippen LogP contribution in [0.1, 0.15) is 44.7 Å². The lowest BCUT2D eigenvalue weighted by molar-refractivity contribution is -0.142. The zero-order valence-electron chi connectivity index (χ0n) is 26.0. The molecule has 0 bridgehead atoms. The summed E-state index contributed by atoms with van der Waals surface area (Å²) in [4.78, 5) is 74.1. The van der Waals surface area contributed by atoms with Crippen LogP contribution in [0.5, 0.6) is 0 Å². The average Bonchev–Trinajstić information content (AvgIpc) is 3.66. The van der Waals surface area contributed by atoms with Gasteiger partial charge in [0, 0.05) is 30.2 Å². The molecule has 0 unspecified atom stereocenters. The fraction of sp³-hybridized carbons (Fsp3) is 0.441. The maximum absolute atomic E-state index is 13.9. The van der Waals surface area contributed by atoms with Gasteiger partial charge >= 0.3 is 0 Å². The van der Waals surface area contributed by atoms with E-state index in [1.807, 2.05) is 68.4 Å². The summed E-state index contributed by atoms with van der Waals surface area (Å²) in [7, 11) is 0. The monoisotopic (exact) mass is 614 g/mol. The van der Waals surface area contributed by atoms with Crippen LogP contribution in [0.3, 0.4) is 0 Å². The Balaban J connectivity index is 1.48. The maximum Gasteiger partial charge on any atom is 0.245 e. The third kappa shape index (κ3) is 7.53. The molecule has 2 aliphatic heterocycles. The fourth-order valence-electron chi connectivity index (χ4n) is 6.28. The molecule has 4 N–H and O–H groups in total. The van der Waals surface area contributed by atoms with E-state index in [0.717, 1.165) is 22.0 Å². The van der Waals surface area contributed by atoms with Crippen molar-refractivity contribution in [2.24, 2.45) is 5.92 Å². The van der Waals surface area contributed by atoms with Crippen molar-refractivity contribution in [1.82, 2.24) is 30.7 Å². The molecule has 11 heteroatoms. The topological polar surface area (TPSA) is 144 Å². The van der Waals surface area contributed by atoms with E-state index in [-0.39, 0.29) is 43.1 Å². The van der Waals surface area contributed by atoms with Gasteiger partial charge in [0.1, 0.15) is 18.1 Å².